The van der Waals surface area contributed by atoms with Crippen molar-refractivity contribution in [2.24, 2.45) is 5.14 Å². The number of primary sulfonamides is 1. The first-order valence-corrected chi connectivity index (χ1v) is 8.21. The molecule has 0 aliphatic carbocycles. The van der Waals surface area contributed by atoms with Crippen LogP contribution in [0, 0.1) is 13.8 Å². The molecule has 4 nitrogen and oxygen atoms in total. The van der Waals surface area contributed by atoms with Gasteiger partial charge in [0.1, 0.15) is 0 Å². The van der Waals surface area contributed by atoms with Crippen molar-refractivity contribution in [1.29, 1.82) is 0 Å². The van der Waals surface area contributed by atoms with Crippen molar-refractivity contribution in [3.05, 3.63) is 23.3 Å². The van der Waals surface area contributed by atoms with E-state index in [1.165, 1.54) is 0 Å². The molecule has 0 aliphatic heterocycles. The van der Waals surface area contributed by atoms with E-state index in [2.05, 4.69) is 19.2 Å². The Balaban J connectivity index is 3.03. The lowest BCUT2D eigenvalue weighted by Crippen LogP contribution is -2.18. The lowest BCUT2D eigenvalue weighted by Gasteiger charge is -2.19. The van der Waals surface area contributed by atoms with E-state index in [9.17, 15) is 8.42 Å². The highest BCUT2D eigenvalue weighted by Crippen LogP contribution is 2.24. The first-order valence-electron chi connectivity index (χ1n) is 6.66. The molecule has 0 bridgehead atoms. The van der Waals surface area contributed by atoms with Crippen LogP contribution in [0.4, 0.5) is 5.69 Å². The van der Waals surface area contributed by atoms with Crippen LogP contribution in [0.2, 0.25) is 0 Å². The molecule has 0 spiro atoms. The van der Waals surface area contributed by atoms with Crippen molar-refractivity contribution in [1.82, 2.24) is 0 Å². The second-order valence-corrected chi connectivity index (χ2v) is 6.71. The summed E-state index contributed by atoms with van der Waals surface area (Å²) in [5.74, 6) is 0. The van der Waals surface area contributed by atoms with Gasteiger partial charge in [0.05, 0.1) is 4.90 Å². The highest BCUT2D eigenvalue weighted by atomic mass is 32.2. The van der Waals surface area contributed by atoms with Gasteiger partial charge in [0, 0.05) is 11.7 Å². The van der Waals surface area contributed by atoms with Gasteiger partial charge in [0.15, 0.2) is 0 Å². The zero-order valence-corrected chi connectivity index (χ0v) is 13.0. The number of nitrogens with two attached hydrogens (primary N) is 1. The minimum atomic E-state index is -3.66. The average Bonchev–Trinajstić information content (AvgIpc) is 2.30. The van der Waals surface area contributed by atoms with E-state index in [1.54, 1.807) is 12.1 Å². The highest BCUT2D eigenvalue weighted by Gasteiger charge is 2.13. The van der Waals surface area contributed by atoms with E-state index in [4.69, 9.17) is 5.14 Å². The average molecular weight is 284 g/mol. The Morgan fingerprint density at radius 3 is 2.47 bits per heavy atom. The Labute approximate surface area is 116 Å². The van der Waals surface area contributed by atoms with Gasteiger partial charge in [-0.05, 0) is 50.5 Å². The van der Waals surface area contributed by atoms with Crippen molar-refractivity contribution >= 4 is 15.7 Å². The minimum Gasteiger partial charge on any atom is -0.382 e. The van der Waals surface area contributed by atoms with Gasteiger partial charge in [0.2, 0.25) is 10.0 Å². The van der Waals surface area contributed by atoms with Crippen LogP contribution in [-0.4, -0.2) is 14.5 Å². The van der Waals surface area contributed by atoms with Gasteiger partial charge in [-0.1, -0.05) is 19.8 Å². The smallest absolute Gasteiger partial charge is 0.238 e. The summed E-state index contributed by atoms with van der Waals surface area (Å²) in [4.78, 5) is 0.167. The Bertz CT molecular complexity index is 539. The molecular weight excluding hydrogens is 260 g/mol. The summed E-state index contributed by atoms with van der Waals surface area (Å²) in [7, 11) is -3.66. The number of hydrogen-bond donors (Lipinski definition) is 2. The molecule has 1 aromatic rings. The molecule has 1 aromatic carbocycles. The van der Waals surface area contributed by atoms with Crippen molar-refractivity contribution in [2.45, 2.75) is 57.9 Å². The molecule has 0 radical (unpaired) electrons. The molecule has 0 heterocycles. The number of anilines is 1. The number of benzene rings is 1. The number of aryl methyl sites for hydroxylation is 1. The zero-order chi connectivity index (χ0) is 14.6. The van der Waals surface area contributed by atoms with Gasteiger partial charge in [-0.3, -0.25) is 0 Å². The fourth-order valence-electron chi connectivity index (χ4n) is 1.99. The molecule has 1 unspecified atom stereocenters. The van der Waals surface area contributed by atoms with Gasteiger partial charge >= 0.3 is 0 Å². The molecular formula is C14H24N2O2S. The molecule has 0 aromatic heterocycles. The third kappa shape index (κ3) is 4.51. The molecule has 5 heteroatoms. The zero-order valence-electron chi connectivity index (χ0n) is 12.2. The number of rotatable bonds is 6. The second-order valence-electron chi connectivity index (χ2n) is 5.15. The molecule has 1 rings (SSSR count). The first kappa shape index (κ1) is 16.0. The Morgan fingerprint density at radius 2 is 1.95 bits per heavy atom. The van der Waals surface area contributed by atoms with Crippen molar-refractivity contribution in [3.63, 3.8) is 0 Å². The third-order valence-electron chi connectivity index (χ3n) is 3.36. The lowest BCUT2D eigenvalue weighted by atomic mass is 10.1. The van der Waals surface area contributed by atoms with Gasteiger partial charge in [0.25, 0.3) is 0 Å². The summed E-state index contributed by atoms with van der Waals surface area (Å²) in [6.07, 6.45) is 3.37. The maximum Gasteiger partial charge on any atom is 0.238 e. The van der Waals surface area contributed by atoms with Crippen molar-refractivity contribution in [2.75, 3.05) is 5.32 Å². The van der Waals surface area contributed by atoms with E-state index in [1.807, 2.05) is 13.8 Å². The quantitative estimate of drug-likeness (QED) is 0.843. The molecule has 0 fully saturated rings. The molecule has 19 heavy (non-hydrogen) atoms. The van der Waals surface area contributed by atoms with Crippen molar-refractivity contribution in [3.8, 4) is 0 Å². The summed E-state index contributed by atoms with van der Waals surface area (Å²) in [6.45, 7) is 8.14. The summed E-state index contributed by atoms with van der Waals surface area (Å²) >= 11 is 0. The molecule has 0 amide bonds. The predicted octanol–water partition coefficient (Wildman–Crippen LogP) is 2.94. The molecule has 0 saturated carbocycles. The van der Waals surface area contributed by atoms with Crippen LogP contribution in [0.15, 0.2) is 17.0 Å². The van der Waals surface area contributed by atoms with Gasteiger partial charge in [-0.15, -0.1) is 0 Å². The Hall–Kier alpha value is -1.07. The largest absolute Gasteiger partial charge is 0.382 e. The fraction of sp³-hybridized carbons (Fsp3) is 0.571. The number of sulfonamides is 1. The first-order chi connectivity index (χ1) is 8.75. The van der Waals surface area contributed by atoms with E-state index >= 15 is 0 Å². The van der Waals surface area contributed by atoms with Crippen LogP contribution in [0.1, 0.15) is 44.2 Å². The van der Waals surface area contributed by atoms with Crippen LogP contribution in [0.3, 0.4) is 0 Å². The molecule has 0 saturated heterocycles. The van der Waals surface area contributed by atoms with Crippen LogP contribution in [0.25, 0.3) is 0 Å². The maximum absolute atomic E-state index is 11.5. The summed E-state index contributed by atoms with van der Waals surface area (Å²) in [5.41, 5.74) is 2.85. The number of hydrogen-bond acceptors (Lipinski definition) is 3. The van der Waals surface area contributed by atoms with Crippen molar-refractivity contribution < 1.29 is 8.42 Å². The SMILES string of the molecule is CCCCC(C)Nc1cc(S(N)(=O)=O)cc(C)c1C. The molecule has 3 N–H and O–H groups in total. The minimum absolute atomic E-state index is 0.167. The van der Waals surface area contributed by atoms with E-state index < -0.39 is 10.0 Å². The van der Waals surface area contributed by atoms with Gasteiger partial charge in [-0.2, -0.15) is 0 Å². The van der Waals surface area contributed by atoms with Crippen LogP contribution < -0.4 is 10.5 Å². The fourth-order valence-corrected chi connectivity index (χ4v) is 2.61. The highest BCUT2D eigenvalue weighted by molar-refractivity contribution is 7.89. The molecule has 0 aliphatic rings. The number of nitrogens with one attached hydrogen (secondary N) is 1. The Morgan fingerprint density at radius 1 is 1.32 bits per heavy atom. The van der Waals surface area contributed by atoms with Crippen LogP contribution in [0.5, 0.6) is 0 Å². The van der Waals surface area contributed by atoms with Crippen LogP contribution in [-0.2, 0) is 10.0 Å². The maximum atomic E-state index is 11.5. The third-order valence-corrected chi connectivity index (χ3v) is 4.25. The van der Waals surface area contributed by atoms with Gasteiger partial charge < -0.3 is 5.32 Å². The summed E-state index contributed by atoms with van der Waals surface area (Å²) in [5, 5.41) is 8.58. The second kappa shape index (κ2) is 6.39. The predicted molar refractivity (Wildman–Crippen MR) is 79.9 cm³/mol. The van der Waals surface area contributed by atoms with E-state index in [0.29, 0.717) is 6.04 Å². The van der Waals surface area contributed by atoms with E-state index in [0.717, 1.165) is 36.1 Å². The monoisotopic (exact) mass is 284 g/mol. The van der Waals surface area contributed by atoms with Gasteiger partial charge in [-0.25, -0.2) is 13.6 Å². The topological polar surface area (TPSA) is 72.2 Å². The summed E-state index contributed by atoms with van der Waals surface area (Å²) in [6, 6.07) is 3.56. The molecule has 1 atom stereocenters. The Kier molecular flexibility index (Phi) is 5.38. The lowest BCUT2D eigenvalue weighted by molar-refractivity contribution is 0.597. The number of unbranched alkanes of at least 4 members (excludes halogenated alkanes) is 1. The van der Waals surface area contributed by atoms with E-state index in [-0.39, 0.29) is 4.90 Å². The molecule has 108 valence electrons. The standard InChI is InChI=1S/C14H24N2O2S/c1-5-6-7-11(3)16-14-9-13(19(15,17)18)8-10(2)12(14)4/h8-9,11,16H,5-7H2,1-4H3,(H2,15,17,18). The van der Waals surface area contributed by atoms with Crippen LogP contribution >= 0.6 is 0 Å². The normalized spacial score (nSPS) is 13.3. The summed E-state index contributed by atoms with van der Waals surface area (Å²) < 4.78 is 22.9.